The number of likely N-dealkylation sites (N-methyl/N-ethyl adjacent to an activating group) is 2. The van der Waals surface area contributed by atoms with E-state index in [2.05, 4.69) is 25.8 Å². The highest BCUT2D eigenvalue weighted by Gasteiger charge is 2.42. The molecule has 6 N–H and O–H groups in total. The number of rotatable bonds is 19. The number of carbonyl (C=O) groups is 5. The van der Waals surface area contributed by atoms with E-state index < -0.39 is 53.7 Å². The van der Waals surface area contributed by atoms with Gasteiger partial charge in [-0.2, -0.15) is 0 Å². The lowest BCUT2D eigenvalue weighted by Crippen LogP contribution is -2.62. The van der Waals surface area contributed by atoms with Gasteiger partial charge in [0.2, 0.25) is 11.8 Å². The molecule has 0 radical (unpaired) electrons. The molecule has 1 aromatic carbocycles. The lowest BCUT2D eigenvalue weighted by molar-refractivity contribution is -0.143. The number of aliphatic carboxylic acids is 1. The Hall–Kier alpha value is -4.24. The number of benzene rings is 1. The molecule has 0 bridgehead atoms. The van der Waals surface area contributed by atoms with E-state index in [4.69, 9.17) is 10.5 Å². The van der Waals surface area contributed by atoms with Crippen molar-refractivity contribution in [3.8, 4) is 0 Å². The molecule has 1 aliphatic rings. The lowest BCUT2D eigenvalue weighted by atomic mass is 9.86. The lowest BCUT2D eigenvalue weighted by Gasteiger charge is -2.43. The maximum Gasteiger partial charge on any atom is 0.407 e. The largest absolute Gasteiger partial charge is 0.481 e. The summed E-state index contributed by atoms with van der Waals surface area (Å²) in [7, 11) is 3.66. The molecule has 1 aliphatic heterocycles. The van der Waals surface area contributed by atoms with Gasteiger partial charge in [0.25, 0.3) is 5.91 Å². The number of hydrogen-bond donors (Lipinski definition) is 5. The minimum absolute atomic E-state index is 0.0855. The molecule has 15 heteroatoms. The number of nitrogens with one attached hydrogen (secondary N) is 3. The van der Waals surface area contributed by atoms with E-state index in [-0.39, 0.29) is 42.2 Å². The van der Waals surface area contributed by atoms with Crippen molar-refractivity contribution in [1.82, 2.24) is 30.7 Å². The summed E-state index contributed by atoms with van der Waals surface area (Å²) in [5.74, 6) is -2.80. The molecule has 1 saturated heterocycles. The van der Waals surface area contributed by atoms with Crippen LogP contribution in [0.1, 0.15) is 114 Å². The van der Waals surface area contributed by atoms with Crippen LogP contribution in [0.4, 0.5) is 10.5 Å². The number of thiazole rings is 1. The van der Waals surface area contributed by atoms with Gasteiger partial charge >= 0.3 is 12.1 Å². The molecule has 306 valence electrons. The molecular formula is C40H63N7O7S. The highest BCUT2D eigenvalue weighted by Crippen LogP contribution is 2.32. The van der Waals surface area contributed by atoms with Crippen LogP contribution in [0, 0.1) is 17.8 Å². The zero-order chi connectivity index (χ0) is 41.0. The fourth-order valence-electron chi connectivity index (χ4n) is 6.97. The Balaban J connectivity index is 1.87. The Labute approximate surface area is 330 Å². The first kappa shape index (κ1) is 45.2. The summed E-state index contributed by atoms with van der Waals surface area (Å²) >= 11 is 1.16. The Morgan fingerprint density at radius 3 is 2.31 bits per heavy atom. The summed E-state index contributed by atoms with van der Waals surface area (Å²) in [6.07, 6.45) is 2.52. The highest BCUT2D eigenvalue weighted by molar-refractivity contribution is 7.09. The topological polar surface area (TPSA) is 196 Å². The number of carbonyl (C=O) groups excluding carboxylic acids is 4. The van der Waals surface area contributed by atoms with E-state index >= 15 is 0 Å². The van der Waals surface area contributed by atoms with Crippen LogP contribution in [0.15, 0.2) is 29.6 Å². The molecule has 55 heavy (non-hydrogen) atoms. The van der Waals surface area contributed by atoms with Gasteiger partial charge in [-0.1, -0.05) is 53.2 Å². The second-order valence-electron chi connectivity index (χ2n) is 15.6. The molecule has 0 saturated carbocycles. The minimum Gasteiger partial charge on any atom is -0.481 e. The third kappa shape index (κ3) is 12.4. The smallest absolute Gasteiger partial charge is 0.407 e. The number of nitrogens with zero attached hydrogens (tertiary/aromatic N) is 3. The number of aromatic nitrogens is 1. The zero-order valence-corrected chi connectivity index (χ0v) is 34.8. The Kier molecular flexibility index (Phi) is 16.9. The predicted molar refractivity (Wildman–Crippen MR) is 215 cm³/mol. The van der Waals surface area contributed by atoms with Crippen LogP contribution < -0.4 is 21.7 Å². The van der Waals surface area contributed by atoms with E-state index in [0.717, 1.165) is 36.3 Å². The van der Waals surface area contributed by atoms with Crippen LogP contribution in [-0.4, -0.2) is 101 Å². The Bertz CT molecular complexity index is 1600. The van der Waals surface area contributed by atoms with Crippen molar-refractivity contribution < 1.29 is 33.8 Å². The number of likely N-dealkylation sites (tertiary alicyclic amines) is 1. The zero-order valence-electron chi connectivity index (χ0n) is 34.0. The average Bonchev–Trinajstić information content (AvgIpc) is 3.64. The Morgan fingerprint density at radius 1 is 1.05 bits per heavy atom. The molecule has 0 aliphatic carbocycles. The van der Waals surface area contributed by atoms with Gasteiger partial charge in [-0.05, 0) is 89.1 Å². The predicted octanol–water partition coefficient (Wildman–Crippen LogP) is 5.24. The monoisotopic (exact) mass is 785 g/mol. The highest BCUT2D eigenvalue weighted by atomic mass is 32.1. The van der Waals surface area contributed by atoms with Crippen molar-refractivity contribution in [2.75, 3.05) is 32.9 Å². The summed E-state index contributed by atoms with van der Waals surface area (Å²) in [5, 5.41) is 20.3. The molecule has 3 rings (SSSR count). The molecule has 4 amide bonds. The van der Waals surface area contributed by atoms with Crippen molar-refractivity contribution in [3.63, 3.8) is 0 Å². The van der Waals surface area contributed by atoms with Gasteiger partial charge in [0.15, 0.2) is 6.10 Å². The number of piperidine rings is 1. The van der Waals surface area contributed by atoms with Crippen LogP contribution in [-0.2, 0) is 25.5 Å². The molecule has 7 atom stereocenters. The quantitative estimate of drug-likeness (QED) is 0.118. The number of hydrogen-bond acceptors (Lipinski definition) is 10. The maximum absolute atomic E-state index is 14.4. The first-order chi connectivity index (χ1) is 25.9. The molecule has 2 aromatic rings. The van der Waals surface area contributed by atoms with Gasteiger partial charge < -0.3 is 36.4 Å². The molecule has 2 heterocycles. The van der Waals surface area contributed by atoms with Crippen LogP contribution >= 0.6 is 11.3 Å². The van der Waals surface area contributed by atoms with Crippen molar-refractivity contribution in [3.05, 3.63) is 45.9 Å². The molecule has 1 fully saturated rings. The number of nitrogen functional groups attached to an aromatic ring is 1. The van der Waals surface area contributed by atoms with Gasteiger partial charge in [-0.25, -0.2) is 9.78 Å². The van der Waals surface area contributed by atoms with Crippen molar-refractivity contribution in [2.45, 2.75) is 123 Å². The standard InChI is InChI=1S/C40H63N7O7S/c1-10-25(5)33(45-38(52)40(7)18-12-13-19-46(40)8)36(49)47(9)31(24(3)4)22-32(54-39(53)42-11-2)35-44-30(23-55-35)34(48)43-29(20-26(6)37(50)51)21-27-14-16-28(41)17-15-27/h14-17,23-26,29,31-33H,10-13,18-22,41H2,1-9H3,(H,42,53)(H,43,48)(H,45,52)(H,50,51)/t25-,26-,29+,31+,32+,33-,40+/m0/s1. The summed E-state index contributed by atoms with van der Waals surface area (Å²) in [5.41, 5.74) is 6.70. The number of ether oxygens (including phenoxy) is 1. The first-order valence-corrected chi connectivity index (χ1v) is 20.4. The number of amides is 4. The van der Waals surface area contributed by atoms with Crippen LogP contribution in [0.2, 0.25) is 0 Å². The molecule has 0 unspecified atom stereocenters. The van der Waals surface area contributed by atoms with Gasteiger partial charge in [0, 0.05) is 43.2 Å². The van der Waals surface area contributed by atoms with E-state index in [9.17, 15) is 29.1 Å². The van der Waals surface area contributed by atoms with Gasteiger partial charge in [-0.3, -0.25) is 24.1 Å². The Morgan fingerprint density at radius 2 is 1.73 bits per heavy atom. The second-order valence-corrected chi connectivity index (χ2v) is 16.5. The average molecular weight is 786 g/mol. The molecule has 14 nitrogen and oxygen atoms in total. The molecular weight excluding hydrogens is 723 g/mol. The number of nitrogens with two attached hydrogens (primary N) is 1. The summed E-state index contributed by atoms with van der Waals surface area (Å²) < 4.78 is 5.90. The minimum atomic E-state index is -0.968. The van der Waals surface area contributed by atoms with Gasteiger partial charge in [0.1, 0.15) is 16.7 Å². The van der Waals surface area contributed by atoms with Gasteiger partial charge in [0.05, 0.1) is 11.5 Å². The van der Waals surface area contributed by atoms with Crippen molar-refractivity contribution in [1.29, 1.82) is 0 Å². The third-order valence-electron chi connectivity index (χ3n) is 11.0. The van der Waals surface area contributed by atoms with E-state index in [1.165, 1.54) is 0 Å². The summed E-state index contributed by atoms with van der Waals surface area (Å²) in [6.45, 7) is 14.3. The maximum atomic E-state index is 14.4. The fourth-order valence-corrected chi connectivity index (χ4v) is 7.81. The van der Waals surface area contributed by atoms with Crippen LogP contribution in [0.5, 0.6) is 0 Å². The van der Waals surface area contributed by atoms with Crippen LogP contribution in [0.3, 0.4) is 0 Å². The van der Waals surface area contributed by atoms with E-state index in [1.54, 1.807) is 43.3 Å². The van der Waals surface area contributed by atoms with Crippen LogP contribution in [0.25, 0.3) is 0 Å². The van der Waals surface area contributed by atoms with E-state index in [1.807, 2.05) is 53.8 Å². The third-order valence-corrected chi connectivity index (χ3v) is 12.0. The molecule has 1 aromatic heterocycles. The van der Waals surface area contributed by atoms with Gasteiger partial charge in [-0.15, -0.1) is 11.3 Å². The number of carboxylic acids is 1. The number of anilines is 1. The van der Waals surface area contributed by atoms with Crippen molar-refractivity contribution in [2.24, 2.45) is 17.8 Å². The molecule has 0 spiro atoms. The summed E-state index contributed by atoms with van der Waals surface area (Å²) in [6, 6.07) is 5.47. The summed E-state index contributed by atoms with van der Waals surface area (Å²) in [4.78, 5) is 74.7. The fraction of sp³-hybridized carbons (Fsp3) is 0.650. The normalized spacial score (nSPS) is 19.3. The number of alkyl carbamates (subject to hydrolysis) is 1. The second kappa shape index (κ2) is 20.6. The van der Waals surface area contributed by atoms with Crippen molar-refractivity contribution >= 4 is 46.8 Å². The SMILES string of the molecule is CCNC(=O)O[C@H](C[C@H](C(C)C)N(C)C(=O)[C@@H](NC(=O)[C@@]1(C)CCCCN1C)[C@@H](C)CC)c1nc(C(=O)N[C@@H](Cc2ccc(N)cc2)C[C@H](C)C(=O)O)cs1. The number of carboxylic acid groups (broad SMARTS) is 1. The first-order valence-electron chi connectivity index (χ1n) is 19.5. The van der Waals surface area contributed by atoms with E-state index in [0.29, 0.717) is 36.5 Å².